The molecular weight excluding hydrogens is 401 g/mol. The molecule has 1 saturated heterocycles. The SMILES string of the molecule is Cc1cc(C)cc(NC(N)=NCC2CCS(=O)(=O)C2)c1.I. The van der Waals surface area contributed by atoms with Crippen molar-refractivity contribution in [3.63, 3.8) is 0 Å². The van der Waals surface area contributed by atoms with Crippen LogP contribution in [-0.4, -0.2) is 32.4 Å². The summed E-state index contributed by atoms with van der Waals surface area (Å²) in [5, 5.41) is 3.05. The van der Waals surface area contributed by atoms with Crippen LogP contribution in [0.1, 0.15) is 17.5 Å². The Bertz CT molecular complexity index is 609. The molecule has 0 amide bonds. The second-order valence-corrected chi connectivity index (χ2v) is 7.73. The van der Waals surface area contributed by atoms with Gasteiger partial charge in [0.1, 0.15) is 0 Å². The average molecular weight is 423 g/mol. The summed E-state index contributed by atoms with van der Waals surface area (Å²) in [5.74, 6) is 0.934. The van der Waals surface area contributed by atoms with E-state index >= 15 is 0 Å². The maximum atomic E-state index is 11.4. The molecule has 1 aliphatic heterocycles. The third-order valence-electron chi connectivity index (χ3n) is 3.34. The zero-order chi connectivity index (χ0) is 14.8. The van der Waals surface area contributed by atoms with Crippen LogP contribution in [0.15, 0.2) is 23.2 Å². The van der Waals surface area contributed by atoms with Crippen molar-refractivity contribution < 1.29 is 8.42 Å². The van der Waals surface area contributed by atoms with E-state index in [0.717, 1.165) is 16.8 Å². The molecule has 7 heteroatoms. The lowest BCUT2D eigenvalue weighted by molar-refractivity contribution is 0.591. The van der Waals surface area contributed by atoms with Crippen molar-refractivity contribution in [1.82, 2.24) is 0 Å². The van der Waals surface area contributed by atoms with Gasteiger partial charge in [0.15, 0.2) is 15.8 Å². The number of rotatable bonds is 3. The standard InChI is InChI=1S/C14H21N3O2S.HI/c1-10-5-11(2)7-13(6-10)17-14(15)16-8-12-3-4-20(18,19)9-12;/h5-7,12H,3-4,8-9H2,1-2H3,(H3,15,16,17);1H. The number of halogens is 1. The molecule has 5 nitrogen and oxygen atoms in total. The molecule has 1 aliphatic rings. The number of nitrogens with two attached hydrogens (primary N) is 1. The Morgan fingerprint density at radius 3 is 2.48 bits per heavy atom. The molecule has 3 N–H and O–H groups in total. The highest BCUT2D eigenvalue weighted by molar-refractivity contribution is 14.0. The van der Waals surface area contributed by atoms with Crippen LogP contribution in [0.2, 0.25) is 0 Å². The topological polar surface area (TPSA) is 84.5 Å². The molecule has 118 valence electrons. The Balaban J connectivity index is 0.00000220. The summed E-state index contributed by atoms with van der Waals surface area (Å²) >= 11 is 0. The second-order valence-electron chi connectivity index (χ2n) is 5.50. The fourth-order valence-corrected chi connectivity index (χ4v) is 4.33. The van der Waals surface area contributed by atoms with E-state index in [9.17, 15) is 8.42 Å². The lowest BCUT2D eigenvalue weighted by Crippen LogP contribution is -2.24. The maximum absolute atomic E-state index is 11.4. The lowest BCUT2D eigenvalue weighted by atomic mass is 10.1. The molecular formula is C14H22IN3O2S. The number of anilines is 1. The van der Waals surface area contributed by atoms with Gasteiger partial charge in [0.2, 0.25) is 0 Å². The van der Waals surface area contributed by atoms with Gasteiger partial charge in [0, 0.05) is 12.2 Å². The summed E-state index contributed by atoms with van der Waals surface area (Å²) < 4.78 is 22.7. The fourth-order valence-electron chi connectivity index (χ4n) is 2.48. The number of hydrogen-bond acceptors (Lipinski definition) is 3. The van der Waals surface area contributed by atoms with Gasteiger partial charge in [-0.15, -0.1) is 24.0 Å². The van der Waals surface area contributed by atoms with Gasteiger partial charge in [-0.1, -0.05) is 6.07 Å². The number of benzene rings is 1. The van der Waals surface area contributed by atoms with Gasteiger partial charge >= 0.3 is 0 Å². The van der Waals surface area contributed by atoms with Crippen LogP contribution < -0.4 is 11.1 Å². The molecule has 1 unspecified atom stereocenters. The van der Waals surface area contributed by atoms with Gasteiger partial charge in [-0.25, -0.2) is 8.42 Å². The van der Waals surface area contributed by atoms with Crippen LogP contribution in [0.3, 0.4) is 0 Å². The first-order valence-corrected chi connectivity index (χ1v) is 8.52. The van der Waals surface area contributed by atoms with E-state index < -0.39 is 9.84 Å². The van der Waals surface area contributed by atoms with Crippen molar-refractivity contribution in [3.8, 4) is 0 Å². The van der Waals surface area contributed by atoms with Gasteiger partial charge in [0.25, 0.3) is 0 Å². The molecule has 1 aromatic carbocycles. The van der Waals surface area contributed by atoms with Gasteiger partial charge in [-0.05, 0) is 49.4 Å². The van der Waals surface area contributed by atoms with Gasteiger partial charge in [0.05, 0.1) is 11.5 Å². The monoisotopic (exact) mass is 423 g/mol. The van der Waals surface area contributed by atoms with Crippen LogP contribution >= 0.6 is 24.0 Å². The number of sulfone groups is 1. The lowest BCUT2D eigenvalue weighted by Gasteiger charge is -2.09. The van der Waals surface area contributed by atoms with Crippen LogP contribution in [0.5, 0.6) is 0 Å². The molecule has 0 saturated carbocycles. The zero-order valence-electron chi connectivity index (χ0n) is 12.3. The highest BCUT2D eigenvalue weighted by atomic mass is 127. The number of aryl methyl sites for hydroxylation is 2. The summed E-state index contributed by atoms with van der Waals surface area (Å²) in [4.78, 5) is 4.25. The molecule has 1 aromatic rings. The molecule has 0 radical (unpaired) electrons. The largest absolute Gasteiger partial charge is 0.370 e. The normalized spacial score (nSPS) is 20.9. The first-order valence-electron chi connectivity index (χ1n) is 6.70. The Morgan fingerprint density at radius 1 is 1.33 bits per heavy atom. The smallest absolute Gasteiger partial charge is 0.193 e. The minimum absolute atomic E-state index is 0. The average Bonchev–Trinajstić information content (AvgIpc) is 2.65. The Kier molecular flexibility index (Phi) is 6.45. The maximum Gasteiger partial charge on any atom is 0.193 e. The highest BCUT2D eigenvalue weighted by Gasteiger charge is 2.27. The number of nitrogens with one attached hydrogen (secondary N) is 1. The number of hydrogen-bond donors (Lipinski definition) is 2. The molecule has 0 bridgehead atoms. The van der Waals surface area contributed by atoms with Crippen molar-refractivity contribution >= 4 is 45.5 Å². The minimum Gasteiger partial charge on any atom is -0.370 e. The third kappa shape index (κ3) is 5.82. The molecule has 21 heavy (non-hydrogen) atoms. The molecule has 1 atom stereocenters. The number of aliphatic imine (C=N–C) groups is 1. The molecule has 0 aromatic heterocycles. The first kappa shape index (κ1) is 18.2. The summed E-state index contributed by atoms with van der Waals surface area (Å²) in [7, 11) is -2.84. The van der Waals surface area contributed by atoms with Crippen molar-refractivity contribution in [2.45, 2.75) is 20.3 Å². The van der Waals surface area contributed by atoms with Crippen LogP contribution in [0.25, 0.3) is 0 Å². The van der Waals surface area contributed by atoms with Gasteiger partial charge < -0.3 is 11.1 Å². The second kappa shape index (κ2) is 7.44. The van der Waals surface area contributed by atoms with Crippen LogP contribution in [-0.2, 0) is 9.84 Å². The van der Waals surface area contributed by atoms with Crippen molar-refractivity contribution in [1.29, 1.82) is 0 Å². The van der Waals surface area contributed by atoms with Crippen molar-refractivity contribution in [3.05, 3.63) is 29.3 Å². The quantitative estimate of drug-likeness (QED) is 0.443. The van der Waals surface area contributed by atoms with Crippen LogP contribution in [0.4, 0.5) is 5.69 Å². The fraction of sp³-hybridized carbons (Fsp3) is 0.500. The summed E-state index contributed by atoms with van der Waals surface area (Å²) in [5.41, 5.74) is 9.06. The molecule has 2 rings (SSSR count). The van der Waals surface area contributed by atoms with E-state index in [-0.39, 0.29) is 41.4 Å². The zero-order valence-corrected chi connectivity index (χ0v) is 15.4. The molecule has 1 fully saturated rings. The van der Waals surface area contributed by atoms with Crippen LogP contribution in [0, 0.1) is 19.8 Å². The van der Waals surface area contributed by atoms with E-state index in [2.05, 4.69) is 16.4 Å². The molecule has 0 aliphatic carbocycles. The predicted octanol–water partition coefficient (Wildman–Crippen LogP) is 2.08. The van der Waals surface area contributed by atoms with E-state index in [1.807, 2.05) is 26.0 Å². The molecule has 1 heterocycles. The van der Waals surface area contributed by atoms with Gasteiger partial charge in [-0.2, -0.15) is 0 Å². The predicted molar refractivity (Wildman–Crippen MR) is 98.2 cm³/mol. The third-order valence-corrected chi connectivity index (χ3v) is 5.18. The summed E-state index contributed by atoms with van der Waals surface area (Å²) in [6.45, 7) is 4.51. The van der Waals surface area contributed by atoms with E-state index in [4.69, 9.17) is 5.73 Å². The van der Waals surface area contributed by atoms with E-state index in [1.54, 1.807) is 0 Å². The summed E-state index contributed by atoms with van der Waals surface area (Å²) in [6.07, 6.45) is 0.683. The molecule has 0 spiro atoms. The van der Waals surface area contributed by atoms with Crippen molar-refractivity contribution in [2.75, 3.05) is 23.4 Å². The Morgan fingerprint density at radius 2 is 1.95 bits per heavy atom. The number of nitrogens with zero attached hydrogens (tertiary/aromatic N) is 1. The van der Waals surface area contributed by atoms with E-state index in [0.29, 0.717) is 18.9 Å². The van der Waals surface area contributed by atoms with Gasteiger partial charge in [-0.3, -0.25) is 4.99 Å². The first-order chi connectivity index (χ1) is 9.34. The van der Waals surface area contributed by atoms with E-state index in [1.165, 1.54) is 0 Å². The summed E-state index contributed by atoms with van der Waals surface area (Å²) in [6, 6.07) is 6.08. The Hall–Kier alpha value is -0.830. The van der Waals surface area contributed by atoms with Crippen molar-refractivity contribution in [2.24, 2.45) is 16.6 Å². The minimum atomic E-state index is -2.84. The highest BCUT2D eigenvalue weighted by Crippen LogP contribution is 2.18. The number of guanidine groups is 1. The Labute approximate surface area is 143 Å².